The highest BCUT2D eigenvalue weighted by Gasteiger charge is 2.48. The van der Waals surface area contributed by atoms with Gasteiger partial charge in [-0.05, 0) is 69.6 Å². The van der Waals surface area contributed by atoms with Crippen molar-refractivity contribution in [2.75, 3.05) is 0 Å². The van der Waals surface area contributed by atoms with Crippen LogP contribution in [0.4, 0.5) is 4.79 Å². The molecule has 4 atom stereocenters. The first-order chi connectivity index (χ1) is 18.4. The smallest absolute Gasteiger partial charge is 0.408 e. The molecule has 9 heteroatoms. The number of hydrogen-bond donors (Lipinski definition) is 3. The zero-order valence-corrected chi connectivity index (χ0v) is 23.7. The molecule has 0 spiro atoms. The van der Waals surface area contributed by atoms with Crippen molar-refractivity contribution < 1.29 is 23.9 Å². The second-order valence-corrected chi connectivity index (χ2v) is 11.8. The molecule has 4 amide bonds. The van der Waals surface area contributed by atoms with E-state index >= 15 is 0 Å². The van der Waals surface area contributed by atoms with Crippen LogP contribution in [-0.4, -0.2) is 52.4 Å². The first kappa shape index (κ1) is 30.2. The molecule has 2 saturated carbocycles. The average Bonchev–Trinajstić information content (AvgIpc) is 3.59. The molecule has 2 aliphatic rings. The van der Waals surface area contributed by atoms with Crippen molar-refractivity contribution in [2.24, 2.45) is 11.7 Å². The molecule has 39 heavy (non-hydrogen) atoms. The Balaban J connectivity index is 1.99. The van der Waals surface area contributed by atoms with E-state index in [2.05, 4.69) is 17.2 Å². The maximum Gasteiger partial charge on any atom is 0.408 e. The minimum atomic E-state index is -1.09. The van der Waals surface area contributed by atoms with Crippen LogP contribution in [0.3, 0.4) is 0 Å². The van der Waals surface area contributed by atoms with Crippen LogP contribution in [0.2, 0.25) is 0 Å². The SMILES string of the molecule is C=Cc1cccc(C(C(=O)NC2CCCCC2)N(C(=O)C(CCC(N)=O)NC(=O)OC(C)(C)C)C2CC2C)c1. The van der Waals surface area contributed by atoms with Crippen molar-refractivity contribution in [1.29, 1.82) is 0 Å². The number of alkyl carbamates (subject to hydrolysis) is 1. The highest BCUT2D eigenvalue weighted by molar-refractivity contribution is 5.93. The van der Waals surface area contributed by atoms with Gasteiger partial charge in [0, 0.05) is 18.5 Å². The summed E-state index contributed by atoms with van der Waals surface area (Å²) in [6.45, 7) is 11.1. The van der Waals surface area contributed by atoms with E-state index in [0.29, 0.717) is 5.56 Å². The molecule has 1 aromatic rings. The van der Waals surface area contributed by atoms with E-state index < -0.39 is 35.6 Å². The van der Waals surface area contributed by atoms with Crippen LogP contribution in [0.5, 0.6) is 0 Å². The number of carbonyl (C=O) groups is 4. The van der Waals surface area contributed by atoms with E-state index in [0.717, 1.165) is 44.1 Å². The quantitative estimate of drug-likeness (QED) is 0.387. The van der Waals surface area contributed by atoms with E-state index in [4.69, 9.17) is 10.5 Å². The number of ether oxygens (including phenoxy) is 1. The fourth-order valence-electron chi connectivity index (χ4n) is 5.17. The number of amides is 4. The normalized spacial score (nSPS) is 20.7. The first-order valence-electron chi connectivity index (χ1n) is 14.0. The lowest BCUT2D eigenvalue weighted by atomic mass is 9.94. The number of rotatable bonds is 11. The molecule has 214 valence electrons. The molecule has 1 aromatic carbocycles. The summed E-state index contributed by atoms with van der Waals surface area (Å²) in [6.07, 6.45) is 6.61. The third-order valence-corrected chi connectivity index (χ3v) is 7.29. The van der Waals surface area contributed by atoms with Gasteiger partial charge in [-0.15, -0.1) is 0 Å². The van der Waals surface area contributed by atoms with Gasteiger partial charge in [-0.2, -0.15) is 0 Å². The van der Waals surface area contributed by atoms with Gasteiger partial charge in [0.2, 0.25) is 17.7 Å². The maximum absolute atomic E-state index is 14.3. The van der Waals surface area contributed by atoms with E-state index in [1.807, 2.05) is 31.2 Å². The topological polar surface area (TPSA) is 131 Å². The minimum Gasteiger partial charge on any atom is -0.444 e. The Morgan fingerprint density at radius 2 is 1.85 bits per heavy atom. The minimum absolute atomic E-state index is 0.00529. The van der Waals surface area contributed by atoms with E-state index in [-0.39, 0.29) is 36.8 Å². The maximum atomic E-state index is 14.3. The Morgan fingerprint density at radius 1 is 1.18 bits per heavy atom. The molecule has 2 fully saturated rings. The molecule has 0 radical (unpaired) electrons. The average molecular weight is 541 g/mol. The summed E-state index contributed by atoms with van der Waals surface area (Å²) < 4.78 is 5.40. The Hall–Kier alpha value is -3.36. The van der Waals surface area contributed by atoms with Crippen LogP contribution in [0.1, 0.15) is 96.2 Å². The number of nitrogens with two attached hydrogens (primary N) is 1. The summed E-state index contributed by atoms with van der Waals surface area (Å²) in [5.74, 6) is -1.10. The Labute approximate surface area is 231 Å². The zero-order valence-electron chi connectivity index (χ0n) is 23.7. The van der Waals surface area contributed by atoms with E-state index in [1.165, 1.54) is 0 Å². The number of nitrogens with one attached hydrogen (secondary N) is 2. The third kappa shape index (κ3) is 8.83. The molecule has 3 rings (SSSR count). The van der Waals surface area contributed by atoms with Gasteiger partial charge in [-0.1, -0.05) is 57.0 Å². The van der Waals surface area contributed by atoms with Gasteiger partial charge >= 0.3 is 6.09 Å². The lowest BCUT2D eigenvalue weighted by Crippen LogP contribution is -2.55. The van der Waals surface area contributed by atoms with Gasteiger partial charge in [0.1, 0.15) is 17.7 Å². The lowest BCUT2D eigenvalue weighted by Gasteiger charge is -2.36. The molecule has 0 saturated heterocycles. The molecule has 0 aliphatic heterocycles. The number of hydrogen-bond acceptors (Lipinski definition) is 5. The summed E-state index contributed by atoms with van der Waals surface area (Å²) in [6, 6.07) is 5.29. The zero-order chi connectivity index (χ0) is 28.7. The van der Waals surface area contributed by atoms with E-state index in [1.54, 1.807) is 31.7 Å². The number of primary amides is 1. The number of carbonyl (C=O) groups excluding carboxylic acids is 4. The molecule has 9 nitrogen and oxygen atoms in total. The Morgan fingerprint density at radius 3 is 2.41 bits per heavy atom. The molecule has 0 heterocycles. The van der Waals surface area contributed by atoms with Gasteiger partial charge < -0.3 is 26.0 Å². The summed E-state index contributed by atoms with van der Waals surface area (Å²) >= 11 is 0. The van der Waals surface area contributed by atoms with Gasteiger partial charge in [0.25, 0.3) is 0 Å². The number of nitrogens with zero attached hydrogens (tertiary/aromatic N) is 1. The number of benzene rings is 1. The summed E-state index contributed by atoms with van der Waals surface area (Å²) in [5, 5.41) is 5.85. The van der Waals surface area contributed by atoms with Crippen molar-refractivity contribution >= 4 is 29.9 Å². The highest BCUT2D eigenvalue weighted by Crippen LogP contribution is 2.41. The lowest BCUT2D eigenvalue weighted by molar-refractivity contribution is -0.144. The summed E-state index contributed by atoms with van der Waals surface area (Å²) in [5.41, 5.74) is 6.12. The molecule has 0 bridgehead atoms. The fourth-order valence-corrected chi connectivity index (χ4v) is 5.17. The van der Waals surface area contributed by atoms with Crippen LogP contribution in [-0.2, 0) is 19.1 Å². The second-order valence-electron chi connectivity index (χ2n) is 11.8. The van der Waals surface area contributed by atoms with Crippen molar-refractivity contribution in [1.82, 2.24) is 15.5 Å². The summed E-state index contributed by atoms with van der Waals surface area (Å²) in [7, 11) is 0. The van der Waals surface area contributed by atoms with Crippen LogP contribution in [0.15, 0.2) is 30.8 Å². The fraction of sp³-hybridized carbons (Fsp3) is 0.600. The standard InChI is InChI=1S/C30H44N4O5/c1-6-20-11-10-12-21(18-20)26(27(36)32-22-13-8-7-9-14-22)34(24-17-19(24)2)28(37)23(15-16-25(31)35)33-29(38)39-30(3,4)5/h6,10-12,18-19,22-24,26H,1,7-9,13-17H2,2-5H3,(H2,31,35)(H,32,36)(H,33,38). The predicted molar refractivity (Wildman–Crippen MR) is 150 cm³/mol. The van der Waals surface area contributed by atoms with Gasteiger partial charge in [0.15, 0.2) is 0 Å². The molecular formula is C30H44N4O5. The Bertz CT molecular complexity index is 1060. The first-order valence-corrected chi connectivity index (χ1v) is 14.0. The van der Waals surface area contributed by atoms with Gasteiger partial charge in [0.05, 0.1) is 0 Å². The molecule has 4 N–H and O–H groups in total. The largest absolute Gasteiger partial charge is 0.444 e. The van der Waals surface area contributed by atoms with Crippen LogP contribution >= 0.6 is 0 Å². The van der Waals surface area contributed by atoms with Crippen molar-refractivity contribution in [3.05, 3.63) is 42.0 Å². The molecule has 2 aliphatic carbocycles. The monoisotopic (exact) mass is 540 g/mol. The highest BCUT2D eigenvalue weighted by atomic mass is 16.6. The summed E-state index contributed by atoms with van der Waals surface area (Å²) in [4.78, 5) is 54.2. The van der Waals surface area contributed by atoms with Crippen LogP contribution < -0.4 is 16.4 Å². The van der Waals surface area contributed by atoms with Crippen LogP contribution in [0, 0.1) is 5.92 Å². The van der Waals surface area contributed by atoms with E-state index in [9.17, 15) is 19.2 Å². The third-order valence-electron chi connectivity index (χ3n) is 7.29. The molecule has 4 unspecified atom stereocenters. The van der Waals surface area contributed by atoms with Crippen LogP contribution in [0.25, 0.3) is 6.08 Å². The van der Waals surface area contributed by atoms with Gasteiger partial charge in [-0.25, -0.2) is 4.79 Å². The van der Waals surface area contributed by atoms with Gasteiger partial charge in [-0.3, -0.25) is 14.4 Å². The molecule has 0 aromatic heterocycles. The second kappa shape index (κ2) is 13.1. The van der Waals surface area contributed by atoms with Crippen molar-refractivity contribution in [3.63, 3.8) is 0 Å². The van der Waals surface area contributed by atoms with Crippen molar-refractivity contribution in [2.45, 2.75) is 109 Å². The Kier molecular flexibility index (Phi) is 10.2. The predicted octanol–water partition coefficient (Wildman–Crippen LogP) is 4.22. The molecular weight excluding hydrogens is 496 g/mol. The van der Waals surface area contributed by atoms with Crippen molar-refractivity contribution in [3.8, 4) is 0 Å².